The fourth-order valence-corrected chi connectivity index (χ4v) is 3.07. The minimum absolute atomic E-state index is 0.0844. The van der Waals surface area contributed by atoms with Crippen molar-refractivity contribution in [2.24, 2.45) is 11.8 Å². The molecule has 0 aromatic heterocycles. The van der Waals surface area contributed by atoms with E-state index in [1.165, 1.54) is 0 Å². The van der Waals surface area contributed by atoms with E-state index in [9.17, 15) is 9.50 Å². The predicted octanol–water partition coefficient (Wildman–Crippen LogP) is 4.65. The Morgan fingerprint density at radius 1 is 1.28 bits per heavy atom. The Morgan fingerprint density at radius 2 is 1.89 bits per heavy atom. The van der Waals surface area contributed by atoms with Gasteiger partial charge in [-0.25, -0.2) is 4.39 Å². The van der Waals surface area contributed by atoms with E-state index in [-0.39, 0.29) is 10.9 Å². The first kappa shape index (κ1) is 13.8. The zero-order valence-electron chi connectivity index (χ0n) is 10.9. The van der Waals surface area contributed by atoms with Crippen LogP contribution >= 0.6 is 11.6 Å². The Bertz CT molecular complexity index is 425. The van der Waals surface area contributed by atoms with Crippen molar-refractivity contribution in [3.8, 4) is 0 Å². The molecular weight excluding hydrogens is 251 g/mol. The third-order valence-corrected chi connectivity index (χ3v) is 4.52. The lowest BCUT2D eigenvalue weighted by atomic mass is 9.78. The molecule has 1 N–H and O–H groups in total. The summed E-state index contributed by atoms with van der Waals surface area (Å²) in [4.78, 5) is 0. The summed E-state index contributed by atoms with van der Waals surface area (Å²) in [7, 11) is 0. The van der Waals surface area contributed by atoms with Crippen LogP contribution in [-0.2, 0) is 0 Å². The number of aliphatic hydroxyl groups excluding tert-OH is 1. The van der Waals surface area contributed by atoms with Gasteiger partial charge in [-0.1, -0.05) is 43.5 Å². The standard InChI is InChI=1S/C15H20ClFO/c1-9-3-6-11(7-4-9)15(18)12-8-5-10(2)14(17)13(12)16/h5,8-9,11,15,18H,3-4,6-7H2,1-2H3. The number of benzene rings is 1. The average molecular weight is 271 g/mol. The van der Waals surface area contributed by atoms with Gasteiger partial charge in [0.25, 0.3) is 0 Å². The summed E-state index contributed by atoms with van der Waals surface area (Å²) in [6.45, 7) is 3.92. The van der Waals surface area contributed by atoms with Gasteiger partial charge in [-0.2, -0.15) is 0 Å². The average Bonchev–Trinajstić information content (AvgIpc) is 2.36. The molecule has 3 heteroatoms. The molecule has 1 atom stereocenters. The molecule has 1 fully saturated rings. The van der Waals surface area contributed by atoms with Crippen LogP contribution in [0.1, 0.15) is 49.8 Å². The quantitative estimate of drug-likeness (QED) is 0.830. The second kappa shape index (κ2) is 5.58. The summed E-state index contributed by atoms with van der Waals surface area (Å²) in [5, 5.41) is 10.5. The maximum absolute atomic E-state index is 13.7. The summed E-state index contributed by atoms with van der Waals surface area (Å²) < 4.78 is 13.7. The highest BCUT2D eigenvalue weighted by Crippen LogP contribution is 2.39. The molecule has 1 aliphatic carbocycles. The fourth-order valence-electron chi connectivity index (χ4n) is 2.74. The van der Waals surface area contributed by atoms with Crippen molar-refractivity contribution < 1.29 is 9.50 Å². The summed E-state index contributed by atoms with van der Waals surface area (Å²) >= 11 is 6.01. The van der Waals surface area contributed by atoms with Crippen molar-refractivity contribution in [2.75, 3.05) is 0 Å². The molecule has 0 aliphatic heterocycles. The van der Waals surface area contributed by atoms with E-state index in [4.69, 9.17) is 11.6 Å². The van der Waals surface area contributed by atoms with Crippen LogP contribution in [0.15, 0.2) is 12.1 Å². The van der Waals surface area contributed by atoms with Gasteiger partial charge in [-0.3, -0.25) is 0 Å². The maximum Gasteiger partial charge on any atom is 0.145 e. The van der Waals surface area contributed by atoms with Gasteiger partial charge in [0.05, 0.1) is 11.1 Å². The number of rotatable bonds is 2. The zero-order chi connectivity index (χ0) is 13.3. The minimum Gasteiger partial charge on any atom is -0.388 e. The lowest BCUT2D eigenvalue weighted by Gasteiger charge is -2.30. The molecule has 18 heavy (non-hydrogen) atoms. The van der Waals surface area contributed by atoms with E-state index < -0.39 is 11.9 Å². The topological polar surface area (TPSA) is 20.2 Å². The first-order valence-corrected chi connectivity index (χ1v) is 7.01. The van der Waals surface area contributed by atoms with Crippen molar-refractivity contribution >= 4 is 11.6 Å². The van der Waals surface area contributed by atoms with E-state index in [0.29, 0.717) is 11.1 Å². The molecule has 1 saturated carbocycles. The summed E-state index contributed by atoms with van der Waals surface area (Å²) in [6.07, 6.45) is 3.61. The Kier molecular flexibility index (Phi) is 4.29. The Labute approximate surface area is 113 Å². The first-order chi connectivity index (χ1) is 8.50. The normalized spacial score (nSPS) is 26.1. The minimum atomic E-state index is -0.639. The van der Waals surface area contributed by atoms with Crippen LogP contribution in [0.5, 0.6) is 0 Å². The molecule has 0 heterocycles. The number of aliphatic hydroxyl groups is 1. The molecule has 1 nitrogen and oxygen atoms in total. The Hall–Kier alpha value is -0.600. The number of hydrogen-bond donors (Lipinski definition) is 1. The number of halogens is 2. The smallest absolute Gasteiger partial charge is 0.145 e. The molecule has 100 valence electrons. The van der Waals surface area contributed by atoms with Crippen molar-refractivity contribution in [3.05, 3.63) is 34.1 Å². The molecule has 1 aromatic carbocycles. The first-order valence-electron chi connectivity index (χ1n) is 6.63. The summed E-state index contributed by atoms with van der Waals surface area (Å²) in [6, 6.07) is 3.44. The van der Waals surface area contributed by atoms with Gasteiger partial charge >= 0.3 is 0 Å². The molecule has 2 rings (SSSR count). The van der Waals surface area contributed by atoms with Crippen LogP contribution in [0.3, 0.4) is 0 Å². The van der Waals surface area contributed by atoms with Gasteiger partial charge in [-0.05, 0) is 37.2 Å². The maximum atomic E-state index is 13.7. The van der Waals surface area contributed by atoms with Crippen LogP contribution in [0.4, 0.5) is 4.39 Å². The van der Waals surface area contributed by atoms with Crippen molar-refractivity contribution in [1.29, 1.82) is 0 Å². The van der Waals surface area contributed by atoms with E-state index in [1.54, 1.807) is 19.1 Å². The SMILES string of the molecule is Cc1ccc(C(O)C2CCC(C)CC2)c(Cl)c1F. The van der Waals surface area contributed by atoms with Crippen molar-refractivity contribution in [1.82, 2.24) is 0 Å². The largest absolute Gasteiger partial charge is 0.388 e. The van der Waals surface area contributed by atoms with Crippen molar-refractivity contribution in [2.45, 2.75) is 45.6 Å². The molecule has 1 unspecified atom stereocenters. The van der Waals surface area contributed by atoms with Gasteiger partial charge in [-0.15, -0.1) is 0 Å². The highest BCUT2D eigenvalue weighted by molar-refractivity contribution is 6.31. The highest BCUT2D eigenvalue weighted by Gasteiger charge is 2.27. The van der Waals surface area contributed by atoms with Crippen LogP contribution in [0, 0.1) is 24.6 Å². The Balaban J connectivity index is 2.18. The molecule has 1 aromatic rings. The van der Waals surface area contributed by atoms with Gasteiger partial charge in [0, 0.05) is 5.56 Å². The van der Waals surface area contributed by atoms with Gasteiger partial charge in [0.1, 0.15) is 5.82 Å². The lowest BCUT2D eigenvalue weighted by Crippen LogP contribution is -2.19. The van der Waals surface area contributed by atoms with Crippen LogP contribution in [-0.4, -0.2) is 5.11 Å². The lowest BCUT2D eigenvalue weighted by molar-refractivity contribution is 0.0754. The second-order valence-electron chi connectivity index (χ2n) is 5.56. The molecule has 1 aliphatic rings. The van der Waals surface area contributed by atoms with Gasteiger partial charge in [0.15, 0.2) is 0 Å². The van der Waals surface area contributed by atoms with E-state index in [2.05, 4.69) is 6.92 Å². The zero-order valence-corrected chi connectivity index (χ0v) is 11.7. The molecule has 0 spiro atoms. The predicted molar refractivity (Wildman–Crippen MR) is 72.2 cm³/mol. The summed E-state index contributed by atoms with van der Waals surface area (Å²) in [5.41, 5.74) is 1.06. The van der Waals surface area contributed by atoms with E-state index >= 15 is 0 Å². The van der Waals surface area contributed by atoms with Crippen LogP contribution in [0.2, 0.25) is 5.02 Å². The second-order valence-corrected chi connectivity index (χ2v) is 5.94. The number of aryl methyl sites for hydroxylation is 1. The molecule has 0 bridgehead atoms. The van der Waals surface area contributed by atoms with Crippen LogP contribution in [0.25, 0.3) is 0 Å². The third-order valence-electron chi connectivity index (χ3n) is 4.13. The van der Waals surface area contributed by atoms with Crippen LogP contribution < -0.4 is 0 Å². The van der Waals surface area contributed by atoms with Gasteiger partial charge in [0.2, 0.25) is 0 Å². The van der Waals surface area contributed by atoms with Crippen molar-refractivity contribution in [3.63, 3.8) is 0 Å². The molecule has 0 radical (unpaired) electrons. The van der Waals surface area contributed by atoms with Gasteiger partial charge < -0.3 is 5.11 Å². The summed E-state index contributed by atoms with van der Waals surface area (Å²) in [5.74, 6) is 0.539. The van der Waals surface area contributed by atoms with E-state index in [1.807, 2.05) is 0 Å². The third kappa shape index (κ3) is 2.70. The number of hydrogen-bond acceptors (Lipinski definition) is 1. The monoisotopic (exact) mass is 270 g/mol. The molecule has 0 amide bonds. The van der Waals surface area contributed by atoms with E-state index in [0.717, 1.165) is 31.6 Å². The molecule has 0 saturated heterocycles. The Morgan fingerprint density at radius 3 is 2.50 bits per heavy atom. The molecular formula is C15H20ClFO. The fraction of sp³-hybridized carbons (Fsp3) is 0.600. The highest BCUT2D eigenvalue weighted by atomic mass is 35.5.